The van der Waals surface area contributed by atoms with Gasteiger partial charge in [0.15, 0.2) is 11.6 Å². The molecule has 23 heavy (non-hydrogen) atoms. The van der Waals surface area contributed by atoms with Crippen molar-refractivity contribution < 1.29 is 13.5 Å². The van der Waals surface area contributed by atoms with Crippen LogP contribution in [0.3, 0.4) is 0 Å². The van der Waals surface area contributed by atoms with Crippen molar-refractivity contribution >= 4 is 0 Å². The van der Waals surface area contributed by atoms with E-state index in [0.29, 0.717) is 12.2 Å². The molecular weight excluding hydrogens is 294 g/mol. The predicted molar refractivity (Wildman–Crippen MR) is 90.9 cm³/mol. The number of hydrogen-bond acceptors (Lipinski definition) is 1. The molecule has 0 heterocycles. The van der Waals surface area contributed by atoms with Crippen LogP contribution in [-0.2, 0) is 0 Å². The van der Waals surface area contributed by atoms with E-state index >= 15 is 0 Å². The lowest BCUT2D eigenvalue weighted by Crippen LogP contribution is -2.15. The van der Waals surface area contributed by atoms with Crippen LogP contribution in [0.2, 0.25) is 0 Å². The van der Waals surface area contributed by atoms with Crippen LogP contribution in [-0.4, -0.2) is 6.61 Å². The molecule has 0 unspecified atom stereocenters. The van der Waals surface area contributed by atoms with Crippen LogP contribution in [0.25, 0.3) is 0 Å². The van der Waals surface area contributed by atoms with E-state index in [-0.39, 0.29) is 11.7 Å². The number of halogens is 2. The Morgan fingerprint density at radius 1 is 1.13 bits per heavy atom. The number of ether oxygens (including phenoxy) is 1. The highest BCUT2D eigenvalue weighted by molar-refractivity contribution is 5.33. The highest BCUT2D eigenvalue weighted by Crippen LogP contribution is 2.39. The zero-order valence-electron chi connectivity index (χ0n) is 14.3. The standard InChI is InChI=1S/C20H28F2O/c1-3-5-6-7-15-8-10-16(11-9-15)17-12-13-18(23-14-4-2)20(22)19(17)21/h3,5,12-13,15-16H,4,6-11,14H2,1-2H3/b5-3+. The van der Waals surface area contributed by atoms with Gasteiger partial charge in [-0.1, -0.05) is 25.1 Å². The molecule has 2 rings (SSSR count). The fraction of sp³-hybridized carbons (Fsp3) is 0.600. The van der Waals surface area contributed by atoms with E-state index in [4.69, 9.17) is 4.74 Å². The fourth-order valence-electron chi connectivity index (χ4n) is 3.45. The Kier molecular flexibility index (Phi) is 7.07. The van der Waals surface area contributed by atoms with Crippen molar-refractivity contribution in [3.63, 3.8) is 0 Å². The molecule has 1 fully saturated rings. The van der Waals surface area contributed by atoms with E-state index in [1.807, 2.05) is 13.8 Å². The average molecular weight is 322 g/mol. The largest absolute Gasteiger partial charge is 0.490 e. The van der Waals surface area contributed by atoms with E-state index in [1.54, 1.807) is 12.1 Å². The Morgan fingerprint density at radius 2 is 1.87 bits per heavy atom. The third-order valence-electron chi connectivity index (χ3n) is 4.80. The minimum absolute atomic E-state index is 0.0353. The summed E-state index contributed by atoms with van der Waals surface area (Å²) >= 11 is 0. The molecule has 0 radical (unpaired) electrons. The summed E-state index contributed by atoms with van der Waals surface area (Å²) < 4.78 is 33.7. The van der Waals surface area contributed by atoms with Crippen molar-refractivity contribution in [2.75, 3.05) is 6.61 Å². The molecule has 1 nitrogen and oxygen atoms in total. The molecule has 0 amide bonds. The maximum atomic E-state index is 14.4. The molecule has 1 aromatic carbocycles. The van der Waals surface area contributed by atoms with Crippen LogP contribution in [0.5, 0.6) is 5.75 Å². The second kappa shape index (κ2) is 9.05. The lowest BCUT2D eigenvalue weighted by Gasteiger charge is -2.29. The van der Waals surface area contributed by atoms with E-state index < -0.39 is 11.6 Å². The van der Waals surface area contributed by atoms with E-state index in [9.17, 15) is 8.78 Å². The second-order valence-corrected chi connectivity index (χ2v) is 6.49. The summed E-state index contributed by atoms with van der Waals surface area (Å²) in [4.78, 5) is 0. The minimum Gasteiger partial charge on any atom is -0.490 e. The number of hydrogen-bond donors (Lipinski definition) is 0. The number of allylic oxidation sites excluding steroid dienone is 2. The van der Waals surface area contributed by atoms with Gasteiger partial charge in [-0.2, -0.15) is 4.39 Å². The fourth-order valence-corrected chi connectivity index (χ4v) is 3.45. The number of rotatable bonds is 7. The van der Waals surface area contributed by atoms with Crippen LogP contribution in [0.4, 0.5) is 8.78 Å². The lowest BCUT2D eigenvalue weighted by molar-refractivity contribution is 0.288. The van der Waals surface area contributed by atoms with Gasteiger partial charge in [0.25, 0.3) is 0 Å². The maximum Gasteiger partial charge on any atom is 0.200 e. The zero-order chi connectivity index (χ0) is 16.7. The zero-order valence-corrected chi connectivity index (χ0v) is 14.3. The molecule has 3 heteroatoms. The van der Waals surface area contributed by atoms with Crippen molar-refractivity contribution in [1.29, 1.82) is 0 Å². The molecule has 0 bridgehead atoms. The Labute approximate surface area is 138 Å². The molecule has 128 valence electrons. The lowest BCUT2D eigenvalue weighted by atomic mass is 9.77. The molecule has 1 saturated carbocycles. The molecule has 0 N–H and O–H groups in total. The summed E-state index contributed by atoms with van der Waals surface area (Å²) in [7, 11) is 0. The normalized spacial score (nSPS) is 21.7. The summed E-state index contributed by atoms with van der Waals surface area (Å²) in [5.41, 5.74) is 0.526. The SMILES string of the molecule is C/C=C/CCC1CCC(c2ccc(OCCC)c(F)c2F)CC1. The third-order valence-corrected chi connectivity index (χ3v) is 4.80. The monoisotopic (exact) mass is 322 g/mol. The Hall–Kier alpha value is -1.38. The van der Waals surface area contributed by atoms with Crippen molar-refractivity contribution in [2.45, 2.75) is 64.7 Å². The highest BCUT2D eigenvalue weighted by Gasteiger charge is 2.26. The Morgan fingerprint density at radius 3 is 2.52 bits per heavy atom. The minimum atomic E-state index is -0.828. The number of benzene rings is 1. The van der Waals surface area contributed by atoms with Crippen molar-refractivity contribution in [1.82, 2.24) is 0 Å². The predicted octanol–water partition coefficient (Wildman–Crippen LogP) is 6.38. The van der Waals surface area contributed by atoms with Crippen LogP contribution in [0, 0.1) is 17.6 Å². The van der Waals surface area contributed by atoms with Crippen LogP contribution < -0.4 is 4.74 Å². The van der Waals surface area contributed by atoms with Gasteiger partial charge in [0.1, 0.15) is 0 Å². The summed E-state index contributed by atoms with van der Waals surface area (Å²) in [6, 6.07) is 3.30. The van der Waals surface area contributed by atoms with Gasteiger partial charge in [-0.15, -0.1) is 0 Å². The second-order valence-electron chi connectivity index (χ2n) is 6.49. The van der Waals surface area contributed by atoms with Gasteiger partial charge in [-0.3, -0.25) is 0 Å². The van der Waals surface area contributed by atoms with Crippen molar-refractivity contribution in [3.8, 4) is 5.75 Å². The van der Waals surface area contributed by atoms with Gasteiger partial charge in [-0.25, -0.2) is 4.39 Å². The van der Waals surface area contributed by atoms with Crippen molar-refractivity contribution in [2.24, 2.45) is 5.92 Å². The first-order valence-corrected chi connectivity index (χ1v) is 8.89. The van der Waals surface area contributed by atoms with Gasteiger partial charge >= 0.3 is 0 Å². The molecule has 0 aliphatic heterocycles. The van der Waals surface area contributed by atoms with Gasteiger partial charge in [-0.05, 0) is 75.3 Å². The maximum absolute atomic E-state index is 14.4. The molecule has 0 saturated heterocycles. The highest BCUT2D eigenvalue weighted by atomic mass is 19.2. The van der Waals surface area contributed by atoms with Gasteiger partial charge < -0.3 is 4.74 Å². The van der Waals surface area contributed by atoms with Crippen LogP contribution in [0.1, 0.15) is 70.3 Å². The Balaban J connectivity index is 1.96. The molecule has 1 aliphatic rings. The average Bonchev–Trinajstić information content (AvgIpc) is 2.57. The summed E-state index contributed by atoms with van der Waals surface area (Å²) in [5, 5.41) is 0. The summed E-state index contributed by atoms with van der Waals surface area (Å²) in [6.07, 6.45) is 11.5. The van der Waals surface area contributed by atoms with E-state index in [1.165, 1.54) is 6.42 Å². The van der Waals surface area contributed by atoms with Gasteiger partial charge in [0.2, 0.25) is 5.82 Å². The summed E-state index contributed by atoms with van der Waals surface area (Å²) in [6.45, 7) is 4.40. The van der Waals surface area contributed by atoms with Gasteiger partial charge in [0, 0.05) is 0 Å². The third kappa shape index (κ3) is 4.79. The van der Waals surface area contributed by atoms with Crippen LogP contribution >= 0.6 is 0 Å². The molecule has 0 spiro atoms. The van der Waals surface area contributed by atoms with E-state index in [2.05, 4.69) is 12.2 Å². The summed E-state index contributed by atoms with van der Waals surface area (Å²) in [5.74, 6) is -0.638. The Bertz CT molecular complexity index is 517. The molecule has 0 atom stereocenters. The molecule has 0 aromatic heterocycles. The molecule has 1 aromatic rings. The van der Waals surface area contributed by atoms with E-state index in [0.717, 1.165) is 44.4 Å². The van der Waals surface area contributed by atoms with Crippen molar-refractivity contribution in [3.05, 3.63) is 41.5 Å². The van der Waals surface area contributed by atoms with Crippen LogP contribution in [0.15, 0.2) is 24.3 Å². The quantitative estimate of drug-likeness (QED) is 0.529. The topological polar surface area (TPSA) is 9.23 Å². The first-order valence-electron chi connectivity index (χ1n) is 8.89. The molecule has 1 aliphatic carbocycles. The first kappa shape index (κ1) is 18.0. The molecular formula is C20H28F2O. The smallest absolute Gasteiger partial charge is 0.200 e. The first-order chi connectivity index (χ1) is 11.2. The van der Waals surface area contributed by atoms with Gasteiger partial charge in [0.05, 0.1) is 6.61 Å².